The van der Waals surface area contributed by atoms with Crippen LogP contribution in [0.5, 0.6) is 5.75 Å². The maximum Gasteiger partial charge on any atom is 0.303 e. The first-order chi connectivity index (χ1) is 14.5. The number of carbonyl (C=O) groups is 1. The lowest BCUT2D eigenvalue weighted by Crippen LogP contribution is -2.22. The van der Waals surface area contributed by atoms with Crippen LogP contribution in [0.2, 0.25) is 0 Å². The Bertz CT molecular complexity index is 676. The molecule has 166 valence electrons. The zero-order valence-electron chi connectivity index (χ0n) is 17.4. The quantitative estimate of drug-likeness (QED) is 0.398. The number of unbranched alkanes of at least 4 members (excludes halogenated alkanes) is 1. The van der Waals surface area contributed by atoms with E-state index in [1.165, 1.54) is 0 Å². The fraction of sp³-hybridized carbons (Fsp3) is 0.625. The molecule has 2 aliphatic rings. The van der Waals surface area contributed by atoms with Gasteiger partial charge in [0.1, 0.15) is 18.5 Å². The van der Waals surface area contributed by atoms with E-state index in [9.17, 15) is 15.0 Å². The molecule has 0 aromatic heterocycles. The van der Waals surface area contributed by atoms with E-state index in [4.69, 9.17) is 14.6 Å². The van der Waals surface area contributed by atoms with Gasteiger partial charge >= 0.3 is 5.97 Å². The minimum Gasteiger partial charge on any atom is -0.491 e. The minimum atomic E-state index is -0.735. The summed E-state index contributed by atoms with van der Waals surface area (Å²) in [4.78, 5) is 10.6. The number of rotatable bonds is 10. The van der Waals surface area contributed by atoms with E-state index in [0.29, 0.717) is 25.4 Å². The van der Waals surface area contributed by atoms with Crippen molar-refractivity contribution in [3.05, 3.63) is 42.5 Å². The molecule has 0 radical (unpaired) electrons. The Labute approximate surface area is 178 Å². The van der Waals surface area contributed by atoms with E-state index in [2.05, 4.69) is 0 Å². The number of benzene rings is 1. The molecule has 6 heteroatoms. The highest BCUT2D eigenvalue weighted by molar-refractivity contribution is 5.66. The summed E-state index contributed by atoms with van der Waals surface area (Å²) in [5.41, 5.74) is 0. The van der Waals surface area contributed by atoms with Crippen molar-refractivity contribution in [2.24, 2.45) is 17.8 Å². The Morgan fingerprint density at radius 3 is 2.80 bits per heavy atom. The molecule has 1 aliphatic heterocycles. The normalized spacial score (nSPS) is 30.0. The number of fused-ring (bicyclic) bond motifs is 1. The van der Waals surface area contributed by atoms with Crippen molar-refractivity contribution in [3.63, 3.8) is 0 Å². The second kappa shape index (κ2) is 11.5. The number of hydrogen-bond acceptors (Lipinski definition) is 5. The maximum atomic E-state index is 10.6. The van der Waals surface area contributed by atoms with E-state index in [-0.39, 0.29) is 31.0 Å². The zero-order valence-corrected chi connectivity index (χ0v) is 17.4. The first kappa shape index (κ1) is 22.8. The Hall–Kier alpha value is -1.89. The Kier molecular flexibility index (Phi) is 8.73. The van der Waals surface area contributed by atoms with Gasteiger partial charge in [-0.25, -0.2) is 0 Å². The average Bonchev–Trinajstić information content (AvgIpc) is 2.90. The highest BCUT2D eigenvalue weighted by Crippen LogP contribution is 2.42. The third-order valence-corrected chi connectivity index (χ3v) is 6.32. The summed E-state index contributed by atoms with van der Waals surface area (Å²) in [7, 11) is 0. The van der Waals surface area contributed by atoms with Crippen LogP contribution in [0, 0.1) is 17.8 Å². The lowest BCUT2D eigenvalue weighted by atomic mass is 9.86. The topological polar surface area (TPSA) is 96.2 Å². The summed E-state index contributed by atoms with van der Waals surface area (Å²) in [5, 5.41) is 29.5. The lowest BCUT2D eigenvalue weighted by molar-refractivity contribution is -0.137. The summed E-state index contributed by atoms with van der Waals surface area (Å²) >= 11 is 0. The predicted molar refractivity (Wildman–Crippen MR) is 113 cm³/mol. The van der Waals surface area contributed by atoms with Crippen molar-refractivity contribution in [3.8, 4) is 5.75 Å². The number of aliphatic carboxylic acids is 1. The van der Waals surface area contributed by atoms with Gasteiger partial charge in [-0.15, -0.1) is 0 Å². The van der Waals surface area contributed by atoms with Crippen molar-refractivity contribution in [1.82, 2.24) is 0 Å². The highest BCUT2D eigenvalue weighted by atomic mass is 16.5. The molecule has 0 amide bonds. The summed E-state index contributed by atoms with van der Waals surface area (Å²) < 4.78 is 11.7. The monoisotopic (exact) mass is 418 g/mol. The first-order valence-corrected chi connectivity index (χ1v) is 11.1. The van der Waals surface area contributed by atoms with Crippen LogP contribution in [0.1, 0.15) is 44.9 Å². The molecule has 1 aromatic carbocycles. The van der Waals surface area contributed by atoms with Gasteiger partial charge in [-0.3, -0.25) is 4.79 Å². The molecule has 30 heavy (non-hydrogen) atoms. The number of aliphatic hydroxyl groups excluding tert-OH is 2. The van der Waals surface area contributed by atoms with Crippen molar-refractivity contribution >= 4 is 5.97 Å². The van der Waals surface area contributed by atoms with Crippen molar-refractivity contribution in [1.29, 1.82) is 0 Å². The molecule has 1 aromatic rings. The van der Waals surface area contributed by atoms with Crippen LogP contribution in [0.25, 0.3) is 0 Å². The van der Waals surface area contributed by atoms with Crippen LogP contribution in [0.4, 0.5) is 0 Å². The third-order valence-electron chi connectivity index (χ3n) is 6.32. The van der Waals surface area contributed by atoms with E-state index in [1.807, 2.05) is 36.4 Å². The summed E-state index contributed by atoms with van der Waals surface area (Å²) in [5.74, 6) is 0.671. The average molecular weight is 419 g/mol. The largest absolute Gasteiger partial charge is 0.491 e. The smallest absolute Gasteiger partial charge is 0.303 e. The van der Waals surface area contributed by atoms with Crippen LogP contribution in [0.15, 0.2) is 42.5 Å². The van der Waals surface area contributed by atoms with Gasteiger partial charge in [0.05, 0.1) is 12.2 Å². The number of carboxylic acid groups (broad SMARTS) is 1. The van der Waals surface area contributed by atoms with Crippen LogP contribution in [-0.4, -0.2) is 52.8 Å². The Balaban J connectivity index is 1.46. The molecule has 1 unspecified atom stereocenters. The van der Waals surface area contributed by atoms with Gasteiger partial charge < -0.3 is 24.8 Å². The molecule has 3 N–H and O–H groups in total. The van der Waals surface area contributed by atoms with E-state index in [0.717, 1.165) is 31.4 Å². The van der Waals surface area contributed by atoms with Gasteiger partial charge in [-0.05, 0) is 49.7 Å². The molecular formula is C24H34O6. The van der Waals surface area contributed by atoms with Crippen molar-refractivity contribution in [2.75, 3.05) is 13.2 Å². The van der Waals surface area contributed by atoms with Gasteiger partial charge in [0.15, 0.2) is 0 Å². The van der Waals surface area contributed by atoms with E-state index in [1.54, 1.807) is 6.08 Å². The lowest BCUT2D eigenvalue weighted by Gasteiger charge is -2.21. The molecule has 0 bridgehead atoms. The molecule has 0 spiro atoms. The standard InChI is InChI=1S/C24H34O6/c25-18(16-29-19-7-2-1-3-8-19)11-13-20-21-12-10-17(6-4-5-9-24(27)28)15-30-23(21)14-22(20)26/h1-3,7-8,11,13,17-18,20-23,25-26H,4-6,9-10,12,14-16H2,(H,27,28)/t17?,18-,20-,21-,22-,23+/m1/s1. The van der Waals surface area contributed by atoms with Crippen LogP contribution in [-0.2, 0) is 9.53 Å². The molecule has 1 heterocycles. The molecular weight excluding hydrogens is 384 g/mol. The van der Waals surface area contributed by atoms with Crippen molar-refractivity contribution in [2.45, 2.75) is 63.3 Å². The fourth-order valence-corrected chi connectivity index (χ4v) is 4.66. The summed E-state index contributed by atoms with van der Waals surface area (Å²) in [6.45, 7) is 0.858. The maximum absolute atomic E-state index is 10.6. The Morgan fingerprint density at radius 1 is 1.23 bits per heavy atom. The molecule has 6 atom stereocenters. The first-order valence-electron chi connectivity index (χ1n) is 11.1. The summed E-state index contributed by atoms with van der Waals surface area (Å²) in [6.07, 6.45) is 8.02. The second-order valence-corrected chi connectivity index (χ2v) is 8.58. The second-order valence-electron chi connectivity index (χ2n) is 8.58. The third kappa shape index (κ3) is 6.83. The predicted octanol–water partition coefficient (Wildman–Crippen LogP) is 3.42. The minimum absolute atomic E-state index is 0.0212. The van der Waals surface area contributed by atoms with Gasteiger partial charge in [0, 0.05) is 25.4 Å². The molecule has 6 nitrogen and oxygen atoms in total. The van der Waals surface area contributed by atoms with E-state index < -0.39 is 18.2 Å². The van der Waals surface area contributed by atoms with Crippen LogP contribution in [0.3, 0.4) is 0 Å². The number of para-hydroxylation sites is 1. The zero-order chi connectivity index (χ0) is 21.3. The molecule has 1 saturated heterocycles. The number of carboxylic acids is 1. The number of aliphatic hydroxyl groups is 2. The highest BCUT2D eigenvalue weighted by Gasteiger charge is 2.43. The number of hydrogen-bond donors (Lipinski definition) is 3. The summed E-state index contributed by atoms with van der Waals surface area (Å²) in [6, 6.07) is 9.39. The number of ether oxygens (including phenoxy) is 2. The fourth-order valence-electron chi connectivity index (χ4n) is 4.66. The van der Waals surface area contributed by atoms with Gasteiger partial charge in [-0.2, -0.15) is 0 Å². The van der Waals surface area contributed by atoms with Gasteiger partial charge in [0.25, 0.3) is 0 Å². The van der Waals surface area contributed by atoms with Crippen molar-refractivity contribution < 1.29 is 29.6 Å². The molecule has 1 aliphatic carbocycles. The molecule has 2 fully saturated rings. The van der Waals surface area contributed by atoms with Crippen LogP contribution < -0.4 is 4.74 Å². The van der Waals surface area contributed by atoms with Crippen LogP contribution >= 0.6 is 0 Å². The SMILES string of the molecule is O=C(O)CCCCC1CC[C@@H]2[C@@H](C=C[C@@H](O)COc3ccccc3)[C@H](O)C[C@@H]2OC1. The van der Waals surface area contributed by atoms with Gasteiger partial charge in [0.2, 0.25) is 0 Å². The Morgan fingerprint density at radius 2 is 2.03 bits per heavy atom. The van der Waals surface area contributed by atoms with E-state index >= 15 is 0 Å². The molecule has 3 rings (SSSR count). The van der Waals surface area contributed by atoms with Gasteiger partial charge in [-0.1, -0.05) is 36.8 Å². The molecule has 1 saturated carbocycles.